The predicted molar refractivity (Wildman–Crippen MR) is 111 cm³/mol. The first-order valence-corrected chi connectivity index (χ1v) is 10.4. The summed E-state index contributed by atoms with van der Waals surface area (Å²) in [5.74, 6) is -2.04. The molecule has 2 atom stereocenters. The van der Waals surface area contributed by atoms with Crippen LogP contribution in [0.4, 0.5) is 0 Å². The lowest BCUT2D eigenvalue weighted by molar-refractivity contribution is -0.142. The Morgan fingerprint density at radius 3 is 2.25 bits per heavy atom. The van der Waals surface area contributed by atoms with Gasteiger partial charge in [-0.25, -0.2) is 4.98 Å². The Hall–Kier alpha value is -1.67. The average molecular weight is 445 g/mol. The van der Waals surface area contributed by atoms with Gasteiger partial charge in [0.2, 0.25) is 0 Å². The number of thiazole rings is 1. The fraction of sp³-hybridized carbons (Fsp3) is 0.421. The van der Waals surface area contributed by atoms with Crippen LogP contribution in [0.1, 0.15) is 36.5 Å². The Morgan fingerprint density at radius 1 is 1.11 bits per heavy atom. The zero-order valence-electron chi connectivity index (χ0n) is 15.5. The van der Waals surface area contributed by atoms with Gasteiger partial charge in [-0.3, -0.25) is 14.9 Å². The van der Waals surface area contributed by atoms with Gasteiger partial charge >= 0.3 is 11.9 Å². The molecular formula is C19H22Cl2N2O4S. The van der Waals surface area contributed by atoms with E-state index in [0.717, 1.165) is 10.6 Å². The molecule has 0 amide bonds. The lowest BCUT2D eigenvalue weighted by Gasteiger charge is -2.21. The van der Waals surface area contributed by atoms with Crippen LogP contribution in [0, 0.1) is 5.92 Å². The number of carboxylic acid groups (broad SMARTS) is 2. The van der Waals surface area contributed by atoms with Gasteiger partial charge in [-0.2, -0.15) is 0 Å². The van der Waals surface area contributed by atoms with Crippen LogP contribution in [-0.2, 0) is 22.4 Å². The molecular weight excluding hydrogens is 423 g/mol. The molecule has 152 valence electrons. The van der Waals surface area contributed by atoms with Crippen LogP contribution in [0.25, 0.3) is 0 Å². The first kappa shape index (κ1) is 22.6. The molecule has 0 bridgehead atoms. The molecule has 2 unspecified atom stereocenters. The van der Waals surface area contributed by atoms with Crippen LogP contribution in [0.15, 0.2) is 23.6 Å². The molecule has 0 fully saturated rings. The van der Waals surface area contributed by atoms with Crippen molar-refractivity contribution >= 4 is 46.5 Å². The van der Waals surface area contributed by atoms with E-state index in [9.17, 15) is 19.8 Å². The molecule has 0 radical (unpaired) electrons. The number of nitrogens with zero attached hydrogens (tertiary/aromatic N) is 1. The summed E-state index contributed by atoms with van der Waals surface area (Å²) in [5, 5.41) is 25.2. The van der Waals surface area contributed by atoms with Gasteiger partial charge < -0.3 is 10.2 Å². The number of aromatic nitrogens is 1. The number of hydrogen-bond acceptors (Lipinski definition) is 5. The molecule has 2 rings (SSSR count). The zero-order chi connectivity index (χ0) is 20.8. The number of carbonyl (C=O) groups is 2. The normalized spacial score (nSPS) is 13.5. The summed E-state index contributed by atoms with van der Waals surface area (Å²) in [7, 11) is 0. The summed E-state index contributed by atoms with van der Waals surface area (Å²) in [6.45, 7) is 3.78. The Kier molecular flexibility index (Phi) is 8.24. The maximum atomic E-state index is 11.6. The quantitative estimate of drug-likeness (QED) is 0.509. The topological polar surface area (TPSA) is 99.5 Å². The predicted octanol–water partition coefficient (Wildman–Crippen LogP) is 4.13. The van der Waals surface area contributed by atoms with E-state index in [1.54, 1.807) is 23.6 Å². The monoisotopic (exact) mass is 444 g/mol. The van der Waals surface area contributed by atoms with E-state index in [-0.39, 0.29) is 12.3 Å². The first-order chi connectivity index (χ1) is 13.1. The van der Waals surface area contributed by atoms with Crippen molar-refractivity contribution in [2.45, 2.75) is 45.2 Å². The number of benzene rings is 1. The fourth-order valence-electron chi connectivity index (χ4n) is 2.79. The lowest BCUT2D eigenvalue weighted by Crippen LogP contribution is -2.48. The summed E-state index contributed by atoms with van der Waals surface area (Å²) < 4.78 is 0. The maximum Gasteiger partial charge on any atom is 0.321 e. The zero-order valence-corrected chi connectivity index (χ0v) is 17.8. The van der Waals surface area contributed by atoms with Crippen LogP contribution in [0.2, 0.25) is 10.0 Å². The molecule has 0 saturated carbocycles. The van der Waals surface area contributed by atoms with Crippen LogP contribution in [-0.4, -0.2) is 39.2 Å². The van der Waals surface area contributed by atoms with E-state index in [0.29, 0.717) is 28.6 Å². The molecule has 0 aliphatic carbocycles. The Balaban J connectivity index is 2.07. The van der Waals surface area contributed by atoms with Gasteiger partial charge in [-0.15, -0.1) is 11.3 Å². The highest BCUT2D eigenvalue weighted by atomic mass is 35.5. The Bertz CT molecular complexity index is 821. The molecule has 0 saturated heterocycles. The average Bonchev–Trinajstić information content (AvgIpc) is 2.98. The van der Waals surface area contributed by atoms with Crippen LogP contribution >= 0.6 is 34.5 Å². The molecule has 0 spiro atoms. The van der Waals surface area contributed by atoms with Gasteiger partial charge in [0.05, 0.1) is 10.7 Å². The first-order valence-electron chi connectivity index (χ1n) is 8.74. The summed E-state index contributed by atoms with van der Waals surface area (Å²) in [6.07, 6.45) is 0.974. The SMILES string of the molecule is CC(C)CC(NC(Cc1csc(Cc2cc(Cl)cc(Cl)c2)n1)C(=O)O)C(=O)O. The number of aliphatic carboxylic acids is 2. The molecule has 2 aromatic rings. The second-order valence-electron chi connectivity index (χ2n) is 6.97. The molecule has 6 nitrogen and oxygen atoms in total. The third-order valence-corrected chi connectivity index (χ3v) is 5.33. The Morgan fingerprint density at radius 2 is 1.71 bits per heavy atom. The molecule has 28 heavy (non-hydrogen) atoms. The largest absolute Gasteiger partial charge is 0.480 e. The third kappa shape index (κ3) is 7.05. The van der Waals surface area contributed by atoms with E-state index in [4.69, 9.17) is 23.2 Å². The minimum absolute atomic E-state index is 0.101. The maximum absolute atomic E-state index is 11.6. The van der Waals surface area contributed by atoms with Gasteiger partial charge in [-0.05, 0) is 36.1 Å². The smallest absolute Gasteiger partial charge is 0.321 e. The van der Waals surface area contributed by atoms with Crippen molar-refractivity contribution in [3.05, 3.63) is 49.9 Å². The number of nitrogens with one attached hydrogen (secondary N) is 1. The third-order valence-electron chi connectivity index (χ3n) is 4.00. The highest BCUT2D eigenvalue weighted by molar-refractivity contribution is 7.09. The Labute approximate surface area is 177 Å². The minimum atomic E-state index is -1.11. The molecule has 0 aliphatic rings. The highest BCUT2D eigenvalue weighted by Crippen LogP contribution is 2.23. The van der Waals surface area contributed by atoms with E-state index in [1.165, 1.54) is 11.3 Å². The van der Waals surface area contributed by atoms with Gasteiger partial charge in [0, 0.05) is 28.3 Å². The minimum Gasteiger partial charge on any atom is -0.480 e. The van der Waals surface area contributed by atoms with Crippen molar-refractivity contribution in [2.75, 3.05) is 0 Å². The molecule has 0 aliphatic heterocycles. The van der Waals surface area contributed by atoms with Crippen molar-refractivity contribution in [1.82, 2.24) is 10.3 Å². The van der Waals surface area contributed by atoms with Crippen molar-refractivity contribution < 1.29 is 19.8 Å². The van der Waals surface area contributed by atoms with E-state index < -0.39 is 24.0 Å². The van der Waals surface area contributed by atoms with Crippen molar-refractivity contribution in [2.24, 2.45) is 5.92 Å². The van der Waals surface area contributed by atoms with Crippen LogP contribution in [0.3, 0.4) is 0 Å². The number of hydrogen-bond donors (Lipinski definition) is 3. The van der Waals surface area contributed by atoms with Crippen LogP contribution < -0.4 is 5.32 Å². The second-order valence-corrected chi connectivity index (χ2v) is 8.78. The summed E-state index contributed by atoms with van der Waals surface area (Å²) in [5.41, 5.74) is 1.51. The number of halogens is 2. The molecule has 9 heteroatoms. The van der Waals surface area contributed by atoms with Crippen molar-refractivity contribution in [1.29, 1.82) is 0 Å². The van der Waals surface area contributed by atoms with E-state index in [2.05, 4.69) is 10.3 Å². The molecule has 3 N–H and O–H groups in total. The highest BCUT2D eigenvalue weighted by Gasteiger charge is 2.27. The van der Waals surface area contributed by atoms with Crippen molar-refractivity contribution in [3.8, 4) is 0 Å². The van der Waals surface area contributed by atoms with E-state index >= 15 is 0 Å². The lowest BCUT2D eigenvalue weighted by atomic mass is 10.0. The number of carboxylic acids is 2. The van der Waals surface area contributed by atoms with Crippen LogP contribution in [0.5, 0.6) is 0 Å². The van der Waals surface area contributed by atoms with Gasteiger partial charge in [0.1, 0.15) is 12.1 Å². The van der Waals surface area contributed by atoms with Gasteiger partial charge in [0.15, 0.2) is 0 Å². The van der Waals surface area contributed by atoms with Gasteiger partial charge in [-0.1, -0.05) is 37.0 Å². The van der Waals surface area contributed by atoms with Crippen molar-refractivity contribution in [3.63, 3.8) is 0 Å². The molecule has 1 aromatic heterocycles. The second kappa shape index (κ2) is 10.2. The van der Waals surface area contributed by atoms with E-state index in [1.807, 2.05) is 13.8 Å². The fourth-order valence-corrected chi connectivity index (χ4v) is 4.20. The van der Waals surface area contributed by atoms with Gasteiger partial charge in [0.25, 0.3) is 0 Å². The molecule has 1 aromatic carbocycles. The summed E-state index contributed by atoms with van der Waals surface area (Å²) in [4.78, 5) is 27.5. The standard InChI is InChI=1S/C19H22Cl2N2O4S/c1-10(2)3-15(18(24)25)23-16(19(26)27)8-14-9-28-17(22-14)6-11-4-12(20)7-13(21)5-11/h4-5,7,9-10,15-16,23H,3,6,8H2,1-2H3,(H,24,25)(H,26,27). The molecule has 1 heterocycles. The summed E-state index contributed by atoms with van der Waals surface area (Å²) >= 11 is 13.4. The summed E-state index contributed by atoms with van der Waals surface area (Å²) in [6, 6.07) is 3.31. The number of rotatable bonds is 10.